The number of pyridine rings is 1. The third-order valence-corrected chi connectivity index (χ3v) is 18.0. The summed E-state index contributed by atoms with van der Waals surface area (Å²) < 4.78 is 20.0. The van der Waals surface area contributed by atoms with Crippen LogP contribution in [-0.4, -0.2) is 27.8 Å². The summed E-state index contributed by atoms with van der Waals surface area (Å²) in [6.07, 6.45) is 2.10. The topological polar surface area (TPSA) is 30.7 Å². The monoisotopic (exact) mass is 1160 g/mol. The van der Waals surface area contributed by atoms with Crippen LogP contribution in [0, 0.1) is 17.9 Å². The first-order valence-electron chi connectivity index (χ1n) is 23.2. The number of halogens is 1. The van der Waals surface area contributed by atoms with Gasteiger partial charge < -0.3 is 4.57 Å². The summed E-state index contributed by atoms with van der Waals surface area (Å²) in [6, 6.07) is 81.2. The SMILES string of the molecule is Fc1ccc(-c2c[c-]c(-c3nc4ccccc4n3-c3ccc(-c4ccccc4)cc3)c3sc4cc(-c5ccccc5)ccc4c23)cc1.[CH3][Ge]([CH3])([CH3])[c]1cnc(-c2[c-]cccc2)cc1-c1ccccc1.[Ir]. The molecule has 9 aromatic carbocycles. The minimum absolute atomic E-state index is 0. The first-order valence-corrected chi connectivity index (χ1v) is 31.3. The molecule has 0 saturated carbocycles. The van der Waals surface area contributed by atoms with E-state index >= 15 is 0 Å². The largest absolute Gasteiger partial charge is 0 e. The molecule has 0 spiro atoms. The molecule has 12 aromatic rings. The second-order valence-corrected chi connectivity index (χ2v) is 29.8. The molecular formula is C63H46FGeIrN3S-2. The molecule has 0 bridgehead atoms. The van der Waals surface area contributed by atoms with Crippen LogP contribution in [0.5, 0.6) is 0 Å². The average molecular weight is 1160 g/mol. The van der Waals surface area contributed by atoms with Crippen molar-refractivity contribution in [3.05, 3.63) is 243 Å². The Morgan fingerprint density at radius 1 is 0.557 bits per heavy atom. The van der Waals surface area contributed by atoms with E-state index < -0.39 is 13.3 Å². The molecule has 1 radical (unpaired) electrons. The number of imidazole rings is 1. The van der Waals surface area contributed by atoms with Gasteiger partial charge in [0.05, 0.1) is 16.9 Å². The van der Waals surface area contributed by atoms with Gasteiger partial charge in [-0.05, 0) is 74.8 Å². The van der Waals surface area contributed by atoms with E-state index in [1.54, 1.807) is 11.3 Å². The van der Waals surface area contributed by atoms with Crippen LogP contribution in [0.2, 0.25) is 17.3 Å². The van der Waals surface area contributed by atoms with Gasteiger partial charge in [0, 0.05) is 30.5 Å². The molecule has 0 aliphatic heterocycles. The van der Waals surface area contributed by atoms with E-state index in [0.717, 1.165) is 71.5 Å². The fraction of sp³-hybridized carbons (Fsp3) is 0.0476. The Balaban J connectivity index is 0.000000208. The number of hydrogen-bond donors (Lipinski definition) is 0. The fourth-order valence-electron chi connectivity index (χ4n) is 9.15. The fourth-order valence-corrected chi connectivity index (χ4v) is 13.5. The third kappa shape index (κ3) is 9.36. The smallest absolute Gasteiger partial charge is 0 e. The number of benzene rings is 9. The van der Waals surface area contributed by atoms with Crippen LogP contribution in [0.1, 0.15) is 0 Å². The standard InChI is InChI=1S/C43H26FN2S.C20H20GeN.Ir/c44-33-20-15-31(16-21-33)35-25-26-37(42-41(35)36-24-19-32(27-40(36)47-42)29-11-5-2-6-12-29)43-45-38-13-7-8-14-39(38)46(43)34-22-17-30(18-23-34)28-9-3-1-4-10-28;1-21(2,3)19-15-22-20(17-12-8-5-9-13-17)14-18(19)16-10-6-4-7-11-16;/h1-25,27H;4-12,14-15H,1-3H3;/q2*-1;. The zero-order valence-electron chi connectivity index (χ0n) is 38.8. The molecule has 7 heteroatoms. The third-order valence-electron chi connectivity index (χ3n) is 12.6. The second kappa shape index (κ2) is 20.1. The molecule has 3 aromatic heterocycles. The Kier molecular flexibility index (Phi) is 13.4. The molecular weight excluding hydrogens is 1110 g/mol. The number of para-hydroxylation sites is 2. The van der Waals surface area contributed by atoms with Gasteiger partial charge >= 0.3 is 135 Å². The van der Waals surface area contributed by atoms with E-state index in [4.69, 9.17) is 9.97 Å². The van der Waals surface area contributed by atoms with Crippen molar-refractivity contribution >= 4 is 60.2 Å². The predicted octanol–water partition coefficient (Wildman–Crippen LogP) is 16.8. The molecule has 0 unspecified atom stereocenters. The van der Waals surface area contributed by atoms with Gasteiger partial charge in [0.15, 0.2) is 0 Å². The number of fused-ring (bicyclic) bond motifs is 4. The van der Waals surface area contributed by atoms with E-state index in [0.29, 0.717) is 0 Å². The number of thiophene rings is 1. The van der Waals surface area contributed by atoms with Gasteiger partial charge in [0.25, 0.3) is 0 Å². The van der Waals surface area contributed by atoms with Gasteiger partial charge in [-0.3, -0.25) is 4.98 Å². The van der Waals surface area contributed by atoms with Crippen LogP contribution >= 0.6 is 11.3 Å². The summed E-state index contributed by atoms with van der Waals surface area (Å²) in [6.45, 7) is 0. The van der Waals surface area contributed by atoms with E-state index in [2.05, 4.69) is 192 Å². The van der Waals surface area contributed by atoms with E-state index in [1.165, 1.54) is 49.0 Å². The summed E-state index contributed by atoms with van der Waals surface area (Å²) in [5.74, 6) is 7.83. The van der Waals surface area contributed by atoms with Crippen molar-refractivity contribution in [2.45, 2.75) is 17.3 Å². The van der Waals surface area contributed by atoms with E-state index in [1.807, 2.05) is 54.6 Å². The molecule has 0 atom stereocenters. The van der Waals surface area contributed by atoms with Crippen molar-refractivity contribution in [1.82, 2.24) is 14.5 Å². The molecule has 12 rings (SSSR count). The van der Waals surface area contributed by atoms with E-state index in [9.17, 15) is 4.39 Å². The van der Waals surface area contributed by atoms with Crippen LogP contribution in [0.4, 0.5) is 4.39 Å². The quantitative estimate of drug-likeness (QED) is 0.112. The second-order valence-electron chi connectivity index (χ2n) is 18.1. The Bertz CT molecular complexity index is 3740. The Morgan fingerprint density at radius 3 is 1.81 bits per heavy atom. The minimum atomic E-state index is -1.99. The van der Waals surface area contributed by atoms with Crippen molar-refractivity contribution in [2.24, 2.45) is 0 Å². The van der Waals surface area contributed by atoms with Gasteiger partial charge in [-0.15, -0.1) is 12.1 Å². The van der Waals surface area contributed by atoms with Gasteiger partial charge in [-0.2, -0.15) is 11.3 Å². The van der Waals surface area contributed by atoms with Crippen molar-refractivity contribution in [2.75, 3.05) is 0 Å². The first kappa shape index (κ1) is 46.7. The average Bonchev–Trinajstić information content (AvgIpc) is 3.99. The normalized spacial score (nSPS) is 11.3. The first-order chi connectivity index (χ1) is 33.8. The molecule has 0 fully saturated rings. The predicted molar refractivity (Wildman–Crippen MR) is 291 cm³/mol. The summed E-state index contributed by atoms with van der Waals surface area (Å²) in [7, 11) is 0. The number of nitrogens with zero attached hydrogens (tertiary/aromatic N) is 3. The molecule has 3 nitrogen and oxygen atoms in total. The molecule has 0 amide bonds. The molecule has 0 saturated heterocycles. The van der Waals surface area contributed by atoms with Gasteiger partial charge in [0.2, 0.25) is 0 Å². The maximum absolute atomic E-state index is 14.0. The maximum atomic E-state index is 14.0. The maximum Gasteiger partial charge on any atom is 0 e. The number of aromatic nitrogens is 3. The molecule has 341 valence electrons. The molecule has 3 heterocycles. The van der Waals surface area contributed by atoms with Crippen LogP contribution in [0.15, 0.2) is 225 Å². The number of rotatable bonds is 8. The van der Waals surface area contributed by atoms with Crippen molar-refractivity contribution in [3.63, 3.8) is 0 Å². The van der Waals surface area contributed by atoms with Gasteiger partial charge in [0.1, 0.15) is 5.82 Å². The molecule has 0 aliphatic carbocycles. The van der Waals surface area contributed by atoms with Crippen LogP contribution < -0.4 is 4.40 Å². The van der Waals surface area contributed by atoms with E-state index in [-0.39, 0.29) is 25.9 Å². The molecule has 0 aliphatic rings. The Labute approximate surface area is 428 Å². The zero-order chi connectivity index (χ0) is 46.9. The Hall–Kier alpha value is -7.06. The summed E-state index contributed by atoms with van der Waals surface area (Å²) in [5.41, 5.74) is 15.3. The van der Waals surface area contributed by atoms with Crippen molar-refractivity contribution < 1.29 is 24.5 Å². The van der Waals surface area contributed by atoms with Crippen molar-refractivity contribution in [3.8, 4) is 72.8 Å². The summed E-state index contributed by atoms with van der Waals surface area (Å²) in [4.78, 5) is 9.95. The van der Waals surface area contributed by atoms with Gasteiger partial charge in [-0.25, -0.2) is 4.39 Å². The number of hydrogen-bond acceptors (Lipinski definition) is 3. The van der Waals surface area contributed by atoms with Crippen LogP contribution in [0.3, 0.4) is 0 Å². The summed E-state index contributed by atoms with van der Waals surface area (Å²) >= 11 is -0.227. The van der Waals surface area contributed by atoms with Gasteiger partial charge in [-0.1, -0.05) is 131 Å². The molecule has 70 heavy (non-hydrogen) atoms. The van der Waals surface area contributed by atoms with Crippen LogP contribution in [-0.2, 0) is 20.1 Å². The summed E-state index contributed by atoms with van der Waals surface area (Å²) in [5, 5.41) is 2.29. The zero-order valence-corrected chi connectivity index (χ0v) is 44.1. The minimum Gasteiger partial charge on any atom is 0 e. The Morgan fingerprint density at radius 2 is 1.14 bits per heavy atom. The van der Waals surface area contributed by atoms with Crippen LogP contribution in [0.25, 0.3) is 104 Å². The van der Waals surface area contributed by atoms with Crippen molar-refractivity contribution in [1.29, 1.82) is 0 Å². The molecule has 0 N–H and O–H groups in total.